The quantitative estimate of drug-likeness (QED) is 0.414. The molecule has 0 fully saturated rings. The fraction of sp³-hybridized carbons (Fsp3) is 0.480. The van der Waals surface area contributed by atoms with Crippen molar-refractivity contribution in [1.29, 1.82) is 0 Å². The van der Waals surface area contributed by atoms with E-state index in [1.165, 1.54) is 22.3 Å². The predicted octanol–water partition coefficient (Wildman–Crippen LogP) is 5.80. The van der Waals surface area contributed by atoms with Crippen LogP contribution in [0.3, 0.4) is 0 Å². The van der Waals surface area contributed by atoms with Gasteiger partial charge in [0, 0.05) is 13.1 Å². The van der Waals surface area contributed by atoms with Crippen molar-refractivity contribution in [3.8, 4) is 0 Å². The topological polar surface area (TPSA) is 52.2 Å². The summed E-state index contributed by atoms with van der Waals surface area (Å²) in [5.41, 5.74) is 12.5. The van der Waals surface area contributed by atoms with Crippen molar-refractivity contribution in [2.45, 2.75) is 66.7 Å². The number of nitrogens with one attached hydrogen (secondary N) is 1. The average molecular weight is 650 g/mol. The molecule has 3 nitrogen and oxygen atoms in total. The van der Waals surface area contributed by atoms with Crippen molar-refractivity contribution in [2.75, 3.05) is 6.54 Å². The Balaban J connectivity index is 0.000000242. The smallest absolute Gasteiger partial charge is 0.126 e. The largest absolute Gasteiger partial charge is 0.655 e. The summed E-state index contributed by atoms with van der Waals surface area (Å²) in [6.07, 6.45) is 2.14. The summed E-state index contributed by atoms with van der Waals surface area (Å²) in [5, 5.41) is 7.55. The van der Waals surface area contributed by atoms with Gasteiger partial charge in [0.25, 0.3) is 0 Å². The predicted molar refractivity (Wildman–Crippen MR) is 121 cm³/mol. The fourth-order valence-electron chi connectivity index (χ4n) is 3.21. The summed E-state index contributed by atoms with van der Waals surface area (Å²) < 4.78 is 13.5. The molecule has 0 saturated carbocycles. The first-order valence-electron chi connectivity index (χ1n) is 10.6. The van der Waals surface area contributed by atoms with Crippen molar-refractivity contribution in [3.05, 3.63) is 81.3 Å². The second-order valence-electron chi connectivity index (χ2n) is 8.39. The van der Waals surface area contributed by atoms with Gasteiger partial charge in [-0.1, -0.05) is 62.9 Å². The number of fused-ring (bicyclic) bond motifs is 2. The number of hydrogen-bond acceptors (Lipinski definition) is 2. The number of nitrogens with two attached hydrogens (primary N) is 1. The number of benzene rings is 2. The zero-order valence-corrected chi connectivity index (χ0v) is 21.4. The van der Waals surface area contributed by atoms with Gasteiger partial charge in [-0.25, -0.2) is 4.39 Å². The molecule has 0 bridgehead atoms. The van der Waals surface area contributed by atoms with Crippen LogP contribution in [0.15, 0.2) is 30.3 Å². The maximum absolute atomic E-state index is 13.5. The summed E-state index contributed by atoms with van der Waals surface area (Å²) in [6, 6.07) is 10.2. The van der Waals surface area contributed by atoms with Crippen LogP contribution in [0.4, 0.5) is 4.39 Å². The van der Waals surface area contributed by atoms with Crippen molar-refractivity contribution in [1.82, 2.24) is 5.32 Å². The molecule has 1 radical (unpaired) electrons. The van der Waals surface area contributed by atoms with Crippen LogP contribution < -0.4 is 11.1 Å². The van der Waals surface area contributed by atoms with Crippen LogP contribution >= 0.6 is 0 Å². The monoisotopic (exact) mass is 649 g/mol. The van der Waals surface area contributed by atoms with Crippen molar-refractivity contribution in [2.24, 2.45) is 11.7 Å². The molecule has 0 spiro atoms. The van der Waals surface area contributed by atoms with Gasteiger partial charge in [-0.15, -0.1) is 19.2 Å². The number of rotatable bonds is 3. The maximum Gasteiger partial charge on any atom is 0.126 e. The summed E-state index contributed by atoms with van der Waals surface area (Å²) in [5.74, 6) is 0.840. The molecule has 30 heavy (non-hydrogen) atoms. The maximum atomic E-state index is 13.5. The van der Waals surface area contributed by atoms with Crippen LogP contribution in [0.5, 0.6) is 0 Å². The van der Waals surface area contributed by atoms with E-state index < -0.39 is 0 Å². The Bertz CT molecular complexity index is 790. The SMILES string of the molecule is CC(C)CN.CC(C)c1cc2c(cc1F)C[N-]C2.C[CH-]c1ccc2c(c1)CNC2.[Es]. The van der Waals surface area contributed by atoms with E-state index in [-0.39, 0.29) is 11.7 Å². The standard InChI is InChI=1S/C11H13FN.C10H12N.C4H11N.Es/c1-7(2)10-3-8-5-13-6-9(8)4-11(10)12;1-2-8-3-4-9-6-11-7-10(9)5-8;1-4(2)3-5;/h3-4,7H,5-6H2,1-2H3;2-5,11H,6-7H2,1H3;4H,3,5H2,1-2H3;/q2*-1;;. The van der Waals surface area contributed by atoms with Crippen LogP contribution in [0.2, 0.25) is 0 Å². The molecule has 2 aliphatic heterocycles. The summed E-state index contributed by atoms with van der Waals surface area (Å²) in [6.45, 7) is 14.6. The van der Waals surface area contributed by atoms with Gasteiger partial charge in [0.15, 0.2) is 0 Å². The first kappa shape index (κ1) is 25.2. The van der Waals surface area contributed by atoms with E-state index in [1.807, 2.05) is 19.9 Å². The van der Waals surface area contributed by atoms with Gasteiger partial charge in [0.05, 0.1) is 0 Å². The van der Waals surface area contributed by atoms with E-state index in [2.05, 4.69) is 56.0 Å². The zero-order valence-electron chi connectivity index (χ0n) is 18.9. The van der Waals surface area contributed by atoms with Crippen LogP contribution in [-0.4, -0.2) is 6.54 Å². The van der Waals surface area contributed by atoms with E-state index >= 15 is 0 Å². The number of halogens is 1. The van der Waals surface area contributed by atoms with E-state index in [9.17, 15) is 4.39 Å². The minimum absolute atomic E-state index is 0. The molecule has 171 valence electrons. The van der Waals surface area contributed by atoms with Gasteiger partial charge >= 0.3 is 0 Å². The zero-order chi connectivity index (χ0) is 21.4. The Hall–Kier alpha value is -2.88. The van der Waals surface area contributed by atoms with E-state index in [4.69, 9.17) is 5.73 Å². The molecular weight excluding hydrogens is 613 g/mol. The van der Waals surface area contributed by atoms with Gasteiger partial charge < -0.3 is 16.4 Å². The molecule has 2 aromatic carbocycles. The van der Waals surface area contributed by atoms with Gasteiger partial charge in [0.2, 0.25) is 0 Å². The van der Waals surface area contributed by atoms with Crippen LogP contribution in [0.1, 0.15) is 73.9 Å². The Morgan fingerprint density at radius 3 is 2.17 bits per heavy atom. The summed E-state index contributed by atoms with van der Waals surface area (Å²) >= 11 is 0. The minimum atomic E-state index is -0.0779. The number of nitrogens with zero attached hydrogens (tertiary/aromatic N) is 1. The van der Waals surface area contributed by atoms with Crippen molar-refractivity contribution >= 4 is 0 Å². The Kier molecular flexibility index (Phi) is 10.0. The fourth-order valence-corrected chi connectivity index (χ4v) is 3.21. The van der Waals surface area contributed by atoms with Crippen molar-refractivity contribution < 1.29 is 4.39 Å². The molecule has 0 amide bonds. The van der Waals surface area contributed by atoms with Crippen LogP contribution in [0.25, 0.3) is 5.32 Å². The Labute approximate surface area is 176 Å². The molecule has 2 aliphatic rings. The Morgan fingerprint density at radius 1 is 1.00 bits per heavy atom. The van der Waals surface area contributed by atoms with Gasteiger partial charge in [-0.3, -0.25) is 0 Å². The molecule has 4 rings (SSSR count). The Morgan fingerprint density at radius 2 is 1.60 bits per heavy atom. The second kappa shape index (κ2) is 12.0. The van der Waals surface area contributed by atoms with Crippen molar-refractivity contribution in [3.63, 3.8) is 0 Å². The third-order valence-corrected chi connectivity index (χ3v) is 5.17. The molecule has 0 unspecified atom stereocenters. The number of hydrogen-bond donors (Lipinski definition) is 2. The molecule has 2 aromatic rings. The average Bonchev–Trinajstić information content (AvgIpc) is 3.35. The van der Waals surface area contributed by atoms with E-state index in [1.54, 1.807) is 6.07 Å². The first-order valence-corrected chi connectivity index (χ1v) is 10.6. The van der Waals surface area contributed by atoms with Crippen LogP contribution in [0, 0.1) is 18.2 Å². The molecular formula is C25H36EsFN3-2. The summed E-state index contributed by atoms with van der Waals surface area (Å²) in [7, 11) is 0. The first-order chi connectivity index (χ1) is 13.8. The molecule has 0 atom stereocenters. The third kappa shape index (κ3) is 6.87. The molecule has 5 heteroatoms. The molecule has 0 aliphatic carbocycles. The molecule has 0 aromatic heterocycles. The molecule has 2 heterocycles. The van der Waals surface area contributed by atoms with E-state index in [0.717, 1.165) is 37.3 Å². The molecule has 3 N–H and O–H groups in total. The van der Waals surface area contributed by atoms with Crippen LogP contribution in [-0.2, 0) is 26.2 Å². The van der Waals surface area contributed by atoms with Gasteiger partial charge in [-0.05, 0) is 30.0 Å². The summed E-state index contributed by atoms with van der Waals surface area (Å²) in [4.78, 5) is 0. The van der Waals surface area contributed by atoms with Gasteiger partial charge in [-0.2, -0.15) is 24.1 Å². The molecule has 0 saturated heterocycles. The third-order valence-electron chi connectivity index (χ3n) is 5.17. The van der Waals surface area contributed by atoms with E-state index in [0.29, 0.717) is 12.5 Å². The van der Waals surface area contributed by atoms with Gasteiger partial charge in [0.1, 0.15) is 5.82 Å². The minimum Gasteiger partial charge on any atom is -0.655 e. The second-order valence-corrected chi connectivity index (χ2v) is 8.39. The normalized spacial score (nSPS) is 13.5.